The van der Waals surface area contributed by atoms with Crippen LogP contribution >= 0.6 is 34.8 Å². The molecule has 4 unspecified atom stereocenters. The van der Waals surface area contributed by atoms with E-state index < -0.39 is 64.2 Å². The van der Waals surface area contributed by atoms with E-state index in [1.165, 1.54) is 24.3 Å². The van der Waals surface area contributed by atoms with Crippen molar-refractivity contribution in [2.24, 2.45) is 11.8 Å². The van der Waals surface area contributed by atoms with Gasteiger partial charge in [0.2, 0.25) is 11.8 Å². The van der Waals surface area contributed by atoms with E-state index in [4.69, 9.17) is 34.8 Å². The van der Waals surface area contributed by atoms with E-state index >= 15 is 0 Å². The van der Waals surface area contributed by atoms with Gasteiger partial charge < -0.3 is 10.2 Å². The minimum Gasteiger partial charge on any atom is -0.481 e. The standard InChI is InChI=1S/C21H14Cl3N3O8/c22-8-4-11(16(24)12(23)5-8)17-14-15(21(25-17,20(32)33)7-13(28)29)19(31)26(18(14)30)9-2-1-3-10(6-9)27(34)35/h1-6,14-15,17,25H,7H2,(H,28,29)(H,32,33). The number of rotatable bonds is 6. The summed E-state index contributed by atoms with van der Waals surface area (Å²) < 4.78 is 0. The summed E-state index contributed by atoms with van der Waals surface area (Å²) in [4.78, 5) is 62.4. The number of amides is 2. The Labute approximate surface area is 211 Å². The number of nitro benzene ring substituents is 1. The van der Waals surface area contributed by atoms with E-state index in [1.54, 1.807) is 0 Å². The van der Waals surface area contributed by atoms with E-state index in [1.807, 2.05) is 0 Å². The fraction of sp³-hybridized carbons (Fsp3) is 0.238. The average Bonchev–Trinajstić information content (AvgIpc) is 3.24. The van der Waals surface area contributed by atoms with Gasteiger partial charge in [-0.3, -0.25) is 34.6 Å². The number of imide groups is 1. The summed E-state index contributed by atoms with van der Waals surface area (Å²) in [7, 11) is 0. The largest absolute Gasteiger partial charge is 0.481 e. The first-order valence-electron chi connectivity index (χ1n) is 9.88. The predicted octanol–water partition coefficient (Wildman–Crippen LogP) is 3.30. The Morgan fingerprint density at radius 1 is 1.11 bits per heavy atom. The molecule has 0 radical (unpaired) electrons. The predicted molar refractivity (Wildman–Crippen MR) is 123 cm³/mol. The first-order chi connectivity index (χ1) is 16.4. The molecule has 4 atom stereocenters. The summed E-state index contributed by atoms with van der Waals surface area (Å²) in [6, 6.07) is 6.06. The maximum Gasteiger partial charge on any atom is 0.325 e. The molecule has 2 heterocycles. The molecule has 2 aliphatic heterocycles. The van der Waals surface area contributed by atoms with Gasteiger partial charge >= 0.3 is 11.9 Å². The Kier molecular flexibility index (Phi) is 6.22. The van der Waals surface area contributed by atoms with Crippen molar-refractivity contribution in [1.29, 1.82) is 0 Å². The molecule has 4 rings (SSSR count). The molecule has 0 aliphatic carbocycles. The number of carbonyl (C=O) groups is 4. The van der Waals surface area contributed by atoms with Crippen molar-refractivity contribution in [3.63, 3.8) is 0 Å². The molecule has 2 aliphatic rings. The number of non-ortho nitro benzene ring substituents is 1. The quantitative estimate of drug-likeness (QED) is 0.215. The van der Waals surface area contributed by atoms with Crippen LogP contribution in [0.15, 0.2) is 36.4 Å². The molecule has 11 nitrogen and oxygen atoms in total. The first-order valence-corrected chi connectivity index (χ1v) is 11.0. The minimum atomic E-state index is -2.40. The molecule has 182 valence electrons. The lowest BCUT2D eigenvalue weighted by Crippen LogP contribution is -2.57. The maximum atomic E-state index is 13.6. The molecule has 35 heavy (non-hydrogen) atoms. The monoisotopic (exact) mass is 541 g/mol. The normalized spacial score (nSPS) is 25.6. The SMILES string of the molecule is O=C(O)CC1(C(=O)O)NC(c2cc(Cl)cc(Cl)c2Cl)C2C(=O)N(c3cccc([N+](=O)[O-])c3)C(=O)C21. The number of carboxylic acids is 2. The first kappa shape index (κ1) is 24.9. The molecular weight excluding hydrogens is 529 g/mol. The summed E-state index contributed by atoms with van der Waals surface area (Å²) >= 11 is 18.5. The van der Waals surface area contributed by atoms with Crippen LogP contribution in [0.2, 0.25) is 15.1 Å². The third-order valence-electron chi connectivity index (χ3n) is 6.12. The highest BCUT2D eigenvalue weighted by atomic mass is 35.5. The Morgan fingerprint density at radius 2 is 1.80 bits per heavy atom. The van der Waals surface area contributed by atoms with Crippen molar-refractivity contribution in [3.05, 3.63) is 67.1 Å². The van der Waals surface area contributed by atoms with Gasteiger partial charge in [-0.1, -0.05) is 40.9 Å². The van der Waals surface area contributed by atoms with E-state index in [9.17, 15) is 39.5 Å². The van der Waals surface area contributed by atoms with Gasteiger partial charge in [0.05, 0.1) is 38.9 Å². The highest BCUT2D eigenvalue weighted by Crippen LogP contribution is 2.53. The van der Waals surface area contributed by atoms with Gasteiger partial charge in [0.15, 0.2) is 0 Å². The molecule has 3 N–H and O–H groups in total. The van der Waals surface area contributed by atoms with Gasteiger partial charge in [-0.05, 0) is 23.8 Å². The molecule has 2 fully saturated rings. The van der Waals surface area contributed by atoms with Crippen molar-refractivity contribution >= 4 is 69.9 Å². The topological polar surface area (TPSA) is 167 Å². The van der Waals surface area contributed by atoms with Crippen LogP contribution < -0.4 is 10.2 Å². The molecule has 0 spiro atoms. The van der Waals surface area contributed by atoms with Crippen LogP contribution in [0.3, 0.4) is 0 Å². The second kappa shape index (κ2) is 8.76. The summed E-state index contributed by atoms with van der Waals surface area (Å²) in [6.45, 7) is 0. The van der Waals surface area contributed by atoms with Crippen LogP contribution in [0.5, 0.6) is 0 Å². The summed E-state index contributed by atoms with van der Waals surface area (Å²) in [5.74, 6) is -8.24. The van der Waals surface area contributed by atoms with Crippen molar-refractivity contribution < 1.29 is 34.3 Å². The van der Waals surface area contributed by atoms with Gasteiger partial charge in [-0.15, -0.1) is 0 Å². The zero-order chi connectivity index (χ0) is 25.8. The number of carbonyl (C=O) groups excluding carboxylic acids is 2. The number of hydrogen-bond acceptors (Lipinski definition) is 7. The van der Waals surface area contributed by atoms with Crippen LogP contribution in [0.25, 0.3) is 0 Å². The number of halogens is 3. The van der Waals surface area contributed by atoms with Crippen molar-refractivity contribution in [3.8, 4) is 0 Å². The number of fused-ring (bicyclic) bond motifs is 1. The van der Waals surface area contributed by atoms with Crippen molar-refractivity contribution in [2.75, 3.05) is 4.90 Å². The van der Waals surface area contributed by atoms with Gasteiger partial charge in [0.25, 0.3) is 5.69 Å². The molecule has 2 saturated heterocycles. The Hall–Kier alpha value is -3.25. The number of nitrogens with one attached hydrogen (secondary N) is 1. The number of benzene rings is 2. The second-order valence-corrected chi connectivity index (χ2v) is 9.27. The number of carboxylic acid groups (broad SMARTS) is 2. The maximum absolute atomic E-state index is 13.6. The van der Waals surface area contributed by atoms with Crippen LogP contribution in [-0.2, 0) is 19.2 Å². The number of nitro groups is 1. The third kappa shape index (κ3) is 3.90. The molecule has 0 aromatic heterocycles. The zero-order valence-corrected chi connectivity index (χ0v) is 19.5. The Bertz CT molecular complexity index is 1320. The molecule has 2 aromatic rings. The van der Waals surface area contributed by atoms with Crippen LogP contribution in [0.4, 0.5) is 11.4 Å². The molecule has 2 amide bonds. The smallest absolute Gasteiger partial charge is 0.325 e. The highest BCUT2D eigenvalue weighted by Gasteiger charge is 2.69. The van der Waals surface area contributed by atoms with Crippen LogP contribution in [-0.4, -0.2) is 44.4 Å². The number of hydrogen-bond donors (Lipinski definition) is 3. The van der Waals surface area contributed by atoms with E-state index in [2.05, 4.69) is 5.32 Å². The van der Waals surface area contributed by atoms with Gasteiger partial charge in [-0.2, -0.15) is 0 Å². The number of aliphatic carboxylic acids is 2. The summed E-state index contributed by atoms with van der Waals surface area (Å²) in [6.07, 6.45) is -1.05. The molecule has 14 heteroatoms. The summed E-state index contributed by atoms with van der Waals surface area (Å²) in [5.41, 5.74) is -2.88. The molecule has 0 saturated carbocycles. The third-order valence-corrected chi connectivity index (χ3v) is 7.16. The van der Waals surface area contributed by atoms with Crippen molar-refractivity contribution in [1.82, 2.24) is 5.32 Å². The highest BCUT2D eigenvalue weighted by molar-refractivity contribution is 6.43. The van der Waals surface area contributed by atoms with Gasteiger partial charge in [0, 0.05) is 23.2 Å². The average molecular weight is 543 g/mol. The van der Waals surface area contributed by atoms with Crippen LogP contribution in [0, 0.1) is 22.0 Å². The lowest BCUT2D eigenvalue weighted by Gasteiger charge is -2.30. The fourth-order valence-corrected chi connectivity index (χ4v) is 5.48. The lowest BCUT2D eigenvalue weighted by atomic mass is 9.77. The molecule has 0 bridgehead atoms. The van der Waals surface area contributed by atoms with Crippen molar-refractivity contribution in [2.45, 2.75) is 18.0 Å². The second-order valence-electron chi connectivity index (χ2n) is 8.05. The molecule has 2 aromatic carbocycles. The zero-order valence-electron chi connectivity index (χ0n) is 17.3. The molecular formula is C21H14Cl3N3O8. The number of nitrogens with zero attached hydrogens (tertiary/aromatic N) is 2. The fourth-order valence-electron chi connectivity index (χ4n) is 4.75. The van der Waals surface area contributed by atoms with Crippen LogP contribution in [0.1, 0.15) is 18.0 Å². The van der Waals surface area contributed by atoms with E-state index in [0.717, 1.165) is 12.1 Å². The number of anilines is 1. The van der Waals surface area contributed by atoms with E-state index in [0.29, 0.717) is 4.90 Å². The summed E-state index contributed by atoms with van der Waals surface area (Å²) in [5, 5.41) is 33.5. The Balaban J connectivity index is 1.93. The lowest BCUT2D eigenvalue weighted by molar-refractivity contribution is -0.384. The van der Waals surface area contributed by atoms with Gasteiger partial charge in [-0.25, -0.2) is 4.90 Å². The van der Waals surface area contributed by atoms with E-state index in [-0.39, 0.29) is 26.3 Å². The van der Waals surface area contributed by atoms with Gasteiger partial charge in [0.1, 0.15) is 5.54 Å². The minimum absolute atomic E-state index is 0.00844. The Morgan fingerprint density at radius 3 is 2.40 bits per heavy atom.